The Hall–Kier alpha value is -1.56. The highest BCUT2D eigenvalue weighted by Gasteiger charge is 2.24. The summed E-state index contributed by atoms with van der Waals surface area (Å²) in [5.41, 5.74) is 5.55. The summed E-state index contributed by atoms with van der Waals surface area (Å²) in [6.45, 7) is 6.86. The van der Waals surface area contributed by atoms with Gasteiger partial charge in [0, 0.05) is 0 Å². The van der Waals surface area contributed by atoms with Crippen LogP contribution in [0.15, 0.2) is 48.5 Å². The normalized spacial score (nSPS) is 21.1. The third-order valence-electron chi connectivity index (χ3n) is 6.82. The van der Waals surface area contributed by atoms with Crippen molar-refractivity contribution in [2.75, 3.05) is 0 Å². The average Bonchev–Trinajstić information content (AvgIpc) is 2.72. The molecule has 1 aliphatic rings. The molecule has 0 N–H and O–H groups in total. The van der Waals surface area contributed by atoms with E-state index >= 15 is 0 Å². The van der Waals surface area contributed by atoms with Gasteiger partial charge in [-0.1, -0.05) is 93.6 Å². The van der Waals surface area contributed by atoms with Gasteiger partial charge in [0.1, 0.15) is 0 Å². The molecule has 0 saturated heterocycles. The molecule has 0 heteroatoms. The number of unbranched alkanes of at least 4 members (excludes halogenated alkanes) is 1. The molecule has 0 aliphatic heterocycles. The summed E-state index contributed by atoms with van der Waals surface area (Å²) in [6.07, 6.45) is 12.7. The minimum absolute atomic E-state index is 0.782. The van der Waals surface area contributed by atoms with Crippen molar-refractivity contribution in [3.8, 4) is 11.1 Å². The second kappa shape index (κ2) is 10.1. The molecule has 27 heavy (non-hydrogen) atoms. The van der Waals surface area contributed by atoms with Crippen LogP contribution in [0.2, 0.25) is 0 Å². The Labute approximate surface area is 167 Å². The van der Waals surface area contributed by atoms with Crippen molar-refractivity contribution < 1.29 is 0 Å². The Kier molecular flexibility index (Phi) is 7.56. The molecular weight excluding hydrogens is 324 g/mol. The molecule has 1 fully saturated rings. The van der Waals surface area contributed by atoms with E-state index in [4.69, 9.17) is 0 Å². The molecule has 3 rings (SSSR count). The first-order chi connectivity index (χ1) is 13.2. The topological polar surface area (TPSA) is 0 Å². The summed E-state index contributed by atoms with van der Waals surface area (Å²) in [7, 11) is 0. The van der Waals surface area contributed by atoms with Crippen molar-refractivity contribution in [2.24, 2.45) is 11.8 Å². The molecule has 1 unspecified atom stereocenters. The van der Waals surface area contributed by atoms with E-state index in [1.165, 1.54) is 74.5 Å². The second-order valence-electron chi connectivity index (χ2n) is 8.86. The van der Waals surface area contributed by atoms with E-state index in [-0.39, 0.29) is 0 Å². The largest absolute Gasteiger partial charge is 0.0654 e. The zero-order chi connectivity index (χ0) is 19.1. The van der Waals surface area contributed by atoms with Crippen LogP contribution in [0.3, 0.4) is 0 Å². The first-order valence-electron chi connectivity index (χ1n) is 11.4. The monoisotopic (exact) mass is 362 g/mol. The minimum Gasteiger partial charge on any atom is -0.0654 e. The fourth-order valence-electron chi connectivity index (χ4n) is 4.88. The number of aryl methyl sites for hydroxylation is 1. The number of rotatable bonds is 8. The molecule has 0 aromatic heterocycles. The zero-order valence-electron chi connectivity index (χ0n) is 17.7. The van der Waals surface area contributed by atoms with E-state index in [2.05, 4.69) is 69.3 Å². The fourth-order valence-corrected chi connectivity index (χ4v) is 4.88. The third kappa shape index (κ3) is 5.71. The lowest BCUT2D eigenvalue weighted by molar-refractivity contribution is 0.256. The summed E-state index contributed by atoms with van der Waals surface area (Å²) in [6, 6.07) is 18.3. The lowest BCUT2D eigenvalue weighted by Crippen LogP contribution is -2.16. The maximum atomic E-state index is 2.39. The van der Waals surface area contributed by atoms with Gasteiger partial charge in [-0.3, -0.25) is 0 Å². The van der Waals surface area contributed by atoms with Crippen molar-refractivity contribution in [2.45, 2.75) is 84.5 Å². The van der Waals surface area contributed by atoms with Gasteiger partial charge in [-0.25, -0.2) is 0 Å². The first-order valence-corrected chi connectivity index (χ1v) is 11.4. The summed E-state index contributed by atoms with van der Waals surface area (Å²) in [4.78, 5) is 0. The van der Waals surface area contributed by atoms with E-state index in [0.717, 1.165) is 17.8 Å². The van der Waals surface area contributed by atoms with E-state index in [1.54, 1.807) is 5.56 Å². The molecule has 2 aromatic carbocycles. The van der Waals surface area contributed by atoms with E-state index in [0.29, 0.717) is 0 Å². The molecule has 0 heterocycles. The smallest absolute Gasteiger partial charge is 0.0162 e. The van der Waals surface area contributed by atoms with Gasteiger partial charge in [-0.2, -0.15) is 0 Å². The standard InChI is InChI=1S/C27H38/c1-4-6-7-22(5-2)20-23-10-14-25(15-11-23)27-18-16-26(17-19-27)24-12-8-21(3)9-13-24/h8-9,12-13,16-19,22-23,25H,4-7,10-11,14-15,20H2,1-3H3. The van der Waals surface area contributed by atoms with Gasteiger partial charge < -0.3 is 0 Å². The molecule has 0 amide bonds. The van der Waals surface area contributed by atoms with Crippen molar-refractivity contribution in [1.29, 1.82) is 0 Å². The molecular formula is C27H38. The Bertz CT molecular complexity index is 656. The van der Waals surface area contributed by atoms with Crippen LogP contribution in [0.1, 0.15) is 88.7 Å². The molecule has 1 atom stereocenters. The second-order valence-corrected chi connectivity index (χ2v) is 8.86. The van der Waals surface area contributed by atoms with Crippen LogP contribution in [0.25, 0.3) is 11.1 Å². The Morgan fingerprint density at radius 1 is 0.815 bits per heavy atom. The van der Waals surface area contributed by atoms with Gasteiger partial charge in [0.25, 0.3) is 0 Å². The third-order valence-corrected chi connectivity index (χ3v) is 6.82. The van der Waals surface area contributed by atoms with E-state index < -0.39 is 0 Å². The summed E-state index contributed by atoms with van der Waals surface area (Å²) in [5, 5.41) is 0. The quantitative estimate of drug-likeness (QED) is 0.441. The van der Waals surface area contributed by atoms with E-state index in [9.17, 15) is 0 Å². The van der Waals surface area contributed by atoms with Gasteiger partial charge in [0.05, 0.1) is 0 Å². The first kappa shape index (κ1) is 20.2. The van der Waals surface area contributed by atoms with Gasteiger partial charge >= 0.3 is 0 Å². The highest BCUT2D eigenvalue weighted by atomic mass is 14.3. The highest BCUT2D eigenvalue weighted by Crippen LogP contribution is 2.39. The maximum Gasteiger partial charge on any atom is -0.0162 e. The predicted octanol–water partition coefficient (Wildman–Crippen LogP) is 8.54. The van der Waals surface area contributed by atoms with Crippen molar-refractivity contribution in [3.05, 3.63) is 59.7 Å². The molecule has 0 nitrogen and oxygen atoms in total. The van der Waals surface area contributed by atoms with Gasteiger partial charge in [0.2, 0.25) is 0 Å². The molecule has 0 spiro atoms. The van der Waals surface area contributed by atoms with Crippen LogP contribution >= 0.6 is 0 Å². The summed E-state index contributed by atoms with van der Waals surface area (Å²) < 4.78 is 0. The maximum absolute atomic E-state index is 2.39. The highest BCUT2D eigenvalue weighted by molar-refractivity contribution is 5.64. The molecule has 1 saturated carbocycles. The molecule has 0 bridgehead atoms. The zero-order valence-corrected chi connectivity index (χ0v) is 17.7. The number of benzene rings is 2. The van der Waals surface area contributed by atoms with E-state index in [1.807, 2.05) is 0 Å². The van der Waals surface area contributed by atoms with Crippen molar-refractivity contribution >= 4 is 0 Å². The summed E-state index contributed by atoms with van der Waals surface area (Å²) in [5.74, 6) is 2.74. The molecule has 146 valence electrons. The number of hydrogen-bond acceptors (Lipinski definition) is 0. The van der Waals surface area contributed by atoms with Crippen LogP contribution in [0.4, 0.5) is 0 Å². The molecule has 2 aromatic rings. The minimum atomic E-state index is 0.782. The van der Waals surface area contributed by atoms with Crippen LogP contribution in [-0.4, -0.2) is 0 Å². The Morgan fingerprint density at radius 3 is 1.96 bits per heavy atom. The lowest BCUT2D eigenvalue weighted by atomic mass is 9.74. The van der Waals surface area contributed by atoms with Gasteiger partial charge in [0.15, 0.2) is 0 Å². The van der Waals surface area contributed by atoms with Crippen molar-refractivity contribution in [1.82, 2.24) is 0 Å². The van der Waals surface area contributed by atoms with Gasteiger partial charge in [-0.05, 0) is 73.5 Å². The average molecular weight is 363 g/mol. The van der Waals surface area contributed by atoms with Crippen LogP contribution < -0.4 is 0 Å². The summed E-state index contributed by atoms with van der Waals surface area (Å²) >= 11 is 0. The van der Waals surface area contributed by atoms with Crippen LogP contribution in [0.5, 0.6) is 0 Å². The van der Waals surface area contributed by atoms with Crippen molar-refractivity contribution in [3.63, 3.8) is 0 Å². The Balaban J connectivity index is 1.52. The number of hydrogen-bond donors (Lipinski definition) is 0. The SMILES string of the molecule is CCCCC(CC)CC1CCC(c2ccc(-c3ccc(C)cc3)cc2)CC1. The van der Waals surface area contributed by atoms with Crippen LogP contribution in [-0.2, 0) is 0 Å². The van der Waals surface area contributed by atoms with Gasteiger partial charge in [-0.15, -0.1) is 0 Å². The predicted molar refractivity (Wildman–Crippen MR) is 119 cm³/mol. The fraction of sp³-hybridized carbons (Fsp3) is 0.556. The molecule has 1 aliphatic carbocycles. The lowest BCUT2D eigenvalue weighted by Gasteiger charge is -2.31. The van der Waals surface area contributed by atoms with Crippen LogP contribution in [0, 0.1) is 18.8 Å². The molecule has 0 radical (unpaired) electrons. The Morgan fingerprint density at radius 2 is 1.41 bits per heavy atom.